The SMILES string of the molecule is Cn1cc(-c2ccnc(N3CCC(NC(=O)C4(Nc5ccccc5)CCCC4)C3)n2)cn1. The minimum absolute atomic E-state index is 0.0863. The molecule has 3 heterocycles. The lowest BCUT2D eigenvalue weighted by molar-refractivity contribution is -0.125. The zero-order valence-corrected chi connectivity index (χ0v) is 18.4. The van der Waals surface area contributed by atoms with Crippen LogP contribution in [0, 0.1) is 0 Å². The molecule has 0 spiro atoms. The average Bonchev–Trinajstić information content (AvgIpc) is 3.57. The predicted molar refractivity (Wildman–Crippen MR) is 124 cm³/mol. The van der Waals surface area contributed by atoms with Crippen molar-refractivity contribution in [3.63, 3.8) is 0 Å². The average molecular weight is 432 g/mol. The molecule has 2 N–H and O–H groups in total. The third kappa shape index (κ3) is 4.17. The number of carbonyl (C=O) groups excluding carboxylic acids is 1. The second-order valence-electron chi connectivity index (χ2n) is 8.83. The van der Waals surface area contributed by atoms with Crippen molar-refractivity contribution >= 4 is 17.5 Å². The van der Waals surface area contributed by atoms with E-state index in [9.17, 15) is 4.79 Å². The second-order valence-corrected chi connectivity index (χ2v) is 8.83. The van der Waals surface area contributed by atoms with Gasteiger partial charge in [-0.1, -0.05) is 31.0 Å². The largest absolute Gasteiger partial charge is 0.371 e. The second kappa shape index (κ2) is 8.61. The van der Waals surface area contributed by atoms with Crippen molar-refractivity contribution in [2.75, 3.05) is 23.3 Å². The van der Waals surface area contributed by atoms with Crippen molar-refractivity contribution < 1.29 is 4.79 Å². The van der Waals surface area contributed by atoms with Gasteiger partial charge in [0, 0.05) is 49.8 Å². The van der Waals surface area contributed by atoms with Crippen molar-refractivity contribution in [1.82, 2.24) is 25.1 Å². The molecule has 5 rings (SSSR count). The van der Waals surface area contributed by atoms with E-state index in [4.69, 9.17) is 4.98 Å². The van der Waals surface area contributed by atoms with Gasteiger partial charge in [-0.2, -0.15) is 5.10 Å². The maximum absolute atomic E-state index is 13.4. The number of amides is 1. The van der Waals surface area contributed by atoms with Gasteiger partial charge in [0.2, 0.25) is 11.9 Å². The molecule has 0 radical (unpaired) electrons. The summed E-state index contributed by atoms with van der Waals surface area (Å²) in [5.41, 5.74) is 2.30. The van der Waals surface area contributed by atoms with Crippen LogP contribution >= 0.6 is 0 Å². The lowest BCUT2D eigenvalue weighted by atomic mass is 9.95. The summed E-state index contributed by atoms with van der Waals surface area (Å²) >= 11 is 0. The van der Waals surface area contributed by atoms with Crippen LogP contribution in [0.4, 0.5) is 11.6 Å². The Morgan fingerprint density at radius 1 is 1.16 bits per heavy atom. The number of hydrogen-bond acceptors (Lipinski definition) is 6. The van der Waals surface area contributed by atoms with Crippen molar-refractivity contribution in [3.8, 4) is 11.3 Å². The number of hydrogen-bond donors (Lipinski definition) is 2. The first-order valence-corrected chi connectivity index (χ1v) is 11.3. The zero-order chi connectivity index (χ0) is 22.0. The van der Waals surface area contributed by atoms with Gasteiger partial charge in [-0.25, -0.2) is 9.97 Å². The summed E-state index contributed by atoms with van der Waals surface area (Å²) in [5, 5.41) is 11.1. The molecule has 2 fully saturated rings. The van der Waals surface area contributed by atoms with Gasteiger partial charge in [0.05, 0.1) is 11.9 Å². The number of rotatable bonds is 6. The Bertz CT molecular complexity index is 1070. The summed E-state index contributed by atoms with van der Waals surface area (Å²) in [4.78, 5) is 24.7. The van der Waals surface area contributed by atoms with E-state index in [1.165, 1.54) is 0 Å². The number of benzene rings is 1. The predicted octanol–water partition coefficient (Wildman–Crippen LogP) is 3.00. The van der Waals surface area contributed by atoms with E-state index in [2.05, 4.69) is 25.6 Å². The molecular weight excluding hydrogens is 402 g/mol. The van der Waals surface area contributed by atoms with Gasteiger partial charge in [0.1, 0.15) is 5.54 Å². The number of para-hydroxylation sites is 1. The van der Waals surface area contributed by atoms with Gasteiger partial charge in [0.25, 0.3) is 0 Å². The van der Waals surface area contributed by atoms with E-state index < -0.39 is 5.54 Å². The Balaban J connectivity index is 1.25. The van der Waals surface area contributed by atoms with Crippen molar-refractivity contribution in [1.29, 1.82) is 0 Å². The Morgan fingerprint density at radius 2 is 1.97 bits per heavy atom. The molecule has 2 aliphatic rings. The minimum Gasteiger partial charge on any atom is -0.371 e. The summed E-state index contributed by atoms with van der Waals surface area (Å²) < 4.78 is 1.76. The highest BCUT2D eigenvalue weighted by Gasteiger charge is 2.42. The monoisotopic (exact) mass is 431 g/mol. The number of nitrogens with zero attached hydrogens (tertiary/aromatic N) is 5. The quantitative estimate of drug-likeness (QED) is 0.624. The fourth-order valence-corrected chi connectivity index (χ4v) is 4.78. The normalized spacial score (nSPS) is 19.8. The van der Waals surface area contributed by atoms with Gasteiger partial charge >= 0.3 is 0 Å². The van der Waals surface area contributed by atoms with E-state index in [1.807, 2.05) is 49.6 Å². The van der Waals surface area contributed by atoms with Crippen LogP contribution in [0.3, 0.4) is 0 Å². The van der Waals surface area contributed by atoms with Crippen LogP contribution in [-0.4, -0.2) is 50.3 Å². The van der Waals surface area contributed by atoms with Crippen molar-refractivity contribution in [2.24, 2.45) is 7.05 Å². The van der Waals surface area contributed by atoms with E-state index in [1.54, 1.807) is 17.1 Å². The summed E-state index contributed by atoms with van der Waals surface area (Å²) in [6.45, 7) is 1.53. The van der Waals surface area contributed by atoms with E-state index in [0.717, 1.165) is 55.6 Å². The Kier molecular flexibility index (Phi) is 5.51. The van der Waals surface area contributed by atoms with Crippen LogP contribution in [0.5, 0.6) is 0 Å². The molecule has 2 aromatic heterocycles. The fourth-order valence-electron chi connectivity index (χ4n) is 4.78. The molecule has 3 aromatic rings. The number of nitrogens with one attached hydrogen (secondary N) is 2. The van der Waals surface area contributed by atoms with Gasteiger partial charge in [0.15, 0.2) is 0 Å². The molecule has 1 aromatic carbocycles. The highest BCUT2D eigenvalue weighted by molar-refractivity contribution is 5.90. The lowest BCUT2D eigenvalue weighted by Crippen LogP contribution is -2.53. The molecule has 1 saturated heterocycles. The van der Waals surface area contributed by atoms with Crippen molar-refractivity contribution in [3.05, 3.63) is 55.0 Å². The van der Waals surface area contributed by atoms with Gasteiger partial charge in [-0.15, -0.1) is 0 Å². The Labute approximate surface area is 188 Å². The first-order chi connectivity index (χ1) is 15.6. The molecule has 32 heavy (non-hydrogen) atoms. The molecule has 0 bridgehead atoms. The number of carbonyl (C=O) groups is 1. The third-order valence-corrected chi connectivity index (χ3v) is 6.50. The summed E-state index contributed by atoms with van der Waals surface area (Å²) in [5.74, 6) is 0.803. The molecule has 1 aliphatic carbocycles. The summed E-state index contributed by atoms with van der Waals surface area (Å²) in [7, 11) is 1.89. The van der Waals surface area contributed by atoms with Gasteiger partial charge in [-0.05, 0) is 37.5 Å². The van der Waals surface area contributed by atoms with E-state index in [-0.39, 0.29) is 11.9 Å². The topological polar surface area (TPSA) is 88.0 Å². The van der Waals surface area contributed by atoms with Crippen LogP contribution in [-0.2, 0) is 11.8 Å². The number of aryl methyl sites for hydroxylation is 1. The number of aromatic nitrogens is 4. The van der Waals surface area contributed by atoms with Crippen LogP contribution in [0.2, 0.25) is 0 Å². The van der Waals surface area contributed by atoms with Crippen molar-refractivity contribution in [2.45, 2.75) is 43.7 Å². The molecule has 8 heteroatoms. The molecule has 1 aliphatic heterocycles. The highest BCUT2D eigenvalue weighted by Crippen LogP contribution is 2.34. The van der Waals surface area contributed by atoms with E-state index in [0.29, 0.717) is 12.5 Å². The Morgan fingerprint density at radius 3 is 2.72 bits per heavy atom. The smallest absolute Gasteiger partial charge is 0.245 e. The zero-order valence-electron chi connectivity index (χ0n) is 18.4. The standard InChI is InChI=1S/C24H29N7O/c1-30-16-18(15-26-30)21-9-13-25-23(28-21)31-14-10-20(17-31)27-22(32)24(11-5-6-12-24)29-19-7-3-2-4-8-19/h2-4,7-9,13,15-16,20,29H,5-6,10-12,14,17H2,1H3,(H,27,32). The minimum atomic E-state index is -0.522. The summed E-state index contributed by atoms with van der Waals surface area (Å²) in [6.07, 6.45) is 10.3. The Hall–Kier alpha value is -3.42. The molecule has 166 valence electrons. The molecule has 1 saturated carbocycles. The first kappa shape index (κ1) is 20.5. The number of anilines is 2. The van der Waals surface area contributed by atoms with Gasteiger partial charge < -0.3 is 15.5 Å². The third-order valence-electron chi connectivity index (χ3n) is 6.50. The maximum atomic E-state index is 13.4. The fraction of sp³-hybridized carbons (Fsp3) is 0.417. The lowest BCUT2D eigenvalue weighted by Gasteiger charge is -2.31. The van der Waals surface area contributed by atoms with Crippen LogP contribution in [0.25, 0.3) is 11.3 Å². The van der Waals surface area contributed by atoms with Crippen LogP contribution in [0.1, 0.15) is 32.1 Å². The summed E-state index contributed by atoms with van der Waals surface area (Å²) in [6, 6.07) is 12.0. The van der Waals surface area contributed by atoms with Crippen LogP contribution in [0.15, 0.2) is 55.0 Å². The molecule has 1 amide bonds. The highest BCUT2D eigenvalue weighted by atomic mass is 16.2. The maximum Gasteiger partial charge on any atom is 0.245 e. The van der Waals surface area contributed by atoms with E-state index >= 15 is 0 Å². The van der Waals surface area contributed by atoms with Crippen LogP contribution < -0.4 is 15.5 Å². The molecule has 8 nitrogen and oxygen atoms in total. The first-order valence-electron chi connectivity index (χ1n) is 11.3. The molecule has 1 unspecified atom stereocenters. The van der Waals surface area contributed by atoms with Gasteiger partial charge in [-0.3, -0.25) is 9.48 Å². The molecular formula is C24H29N7O. The molecule has 1 atom stereocenters.